The summed E-state index contributed by atoms with van der Waals surface area (Å²) in [5.74, 6) is 0.133. The van der Waals surface area contributed by atoms with Gasteiger partial charge in [0.1, 0.15) is 6.04 Å². The summed E-state index contributed by atoms with van der Waals surface area (Å²) >= 11 is 0. The van der Waals surface area contributed by atoms with Crippen molar-refractivity contribution in [1.29, 1.82) is 0 Å². The first kappa shape index (κ1) is 22.1. The van der Waals surface area contributed by atoms with Gasteiger partial charge in [0.15, 0.2) is 0 Å². The highest BCUT2D eigenvalue weighted by Gasteiger charge is 2.37. The largest absolute Gasteiger partial charge is 0.383 e. The second-order valence-corrected chi connectivity index (χ2v) is 8.58. The second kappa shape index (κ2) is 9.99. The van der Waals surface area contributed by atoms with Crippen LogP contribution in [0.15, 0.2) is 53.3 Å². The predicted octanol–water partition coefficient (Wildman–Crippen LogP) is 1.35. The number of pyridine rings is 1. The van der Waals surface area contributed by atoms with E-state index in [1.165, 1.54) is 0 Å². The number of carbonyl (C=O) groups is 2. The van der Waals surface area contributed by atoms with Crippen LogP contribution in [0, 0.1) is 5.92 Å². The summed E-state index contributed by atoms with van der Waals surface area (Å²) in [6.45, 7) is 2.53. The summed E-state index contributed by atoms with van der Waals surface area (Å²) in [7, 11) is 1.58. The fourth-order valence-corrected chi connectivity index (χ4v) is 4.76. The molecule has 170 valence electrons. The predicted molar refractivity (Wildman–Crippen MR) is 120 cm³/mol. The van der Waals surface area contributed by atoms with E-state index in [1.807, 2.05) is 41.0 Å². The standard InChI is InChI=1S/C24H30N4O4/c1-32-11-10-25-23(30)20(13-17-6-3-2-4-7-17)26-24(31)27-14-18-12-19(16-27)21-8-5-9-22(29)28(21)15-18/h2-9,18-20H,10-16H2,1H3,(H,25,30)(H,26,31)/t18-,19+,20-/m0/s1. The van der Waals surface area contributed by atoms with E-state index in [4.69, 9.17) is 4.74 Å². The average Bonchev–Trinajstić information content (AvgIpc) is 2.80. The van der Waals surface area contributed by atoms with Crippen molar-refractivity contribution in [1.82, 2.24) is 20.1 Å². The van der Waals surface area contributed by atoms with Gasteiger partial charge in [-0.1, -0.05) is 36.4 Å². The topological polar surface area (TPSA) is 92.7 Å². The van der Waals surface area contributed by atoms with E-state index in [9.17, 15) is 14.4 Å². The van der Waals surface area contributed by atoms with Gasteiger partial charge in [-0.05, 0) is 24.0 Å². The van der Waals surface area contributed by atoms with Gasteiger partial charge in [-0.3, -0.25) is 9.59 Å². The number of likely N-dealkylation sites (tertiary alicyclic amines) is 1. The Morgan fingerprint density at radius 2 is 1.91 bits per heavy atom. The summed E-state index contributed by atoms with van der Waals surface area (Å²) in [6, 6.07) is 14.1. The molecule has 2 bridgehead atoms. The first-order valence-corrected chi connectivity index (χ1v) is 11.1. The van der Waals surface area contributed by atoms with Crippen LogP contribution >= 0.6 is 0 Å². The van der Waals surface area contributed by atoms with Gasteiger partial charge in [0.05, 0.1) is 6.61 Å². The Morgan fingerprint density at radius 1 is 1.09 bits per heavy atom. The van der Waals surface area contributed by atoms with E-state index in [-0.39, 0.29) is 29.3 Å². The molecule has 4 rings (SSSR count). The van der Waals surface area contributed by atoms with Gasteiger partial charge in [0, 0.05) is 57.4 Å². The monoisotopic (exact) mass is 438 g/mol. The molecule has 1 aromatic carbocycles. The Kier molecular flexibility index (Phi) is 6.90. The zero-order chi connectivity index (χ0) is 22.5. The third-order valence-corrected chi connectivity index (χ3v) is 6.27. The number of amides is 3. The summed E-state index contributed by atoms with van der Waals surface area (Å²) in [5, 5.41) is 5.79. The lowest BCUT2D eigenvalue weighted by Crippen LogP contribution is -2.56. The molecule has 1 fully saturated rings. The molecule has 8 nitrogen and oxygen atoms in total. The molecule has 3 heterocycles. The minimum absolute atomic E-state index is 0.0192. The molecule has 32 heavy (non-hydrogen) atoms. The van der Waals surface area contributed by atoms with Crippen LogP contribution in [0.4, 0.5) is 4.79 Å². The van der Waals surface area contributed by atoms with Gasteiger partial charge < -0.3 is 24.8 Å². The summed E-state index contributed by atoms with van der Waals surface area (Å²) < 4.78 is 6.85. The Balaban J connectivity index is 1.45. The van der Waals surface area contributed by atoms with Gasteiger partial charge in [-0.15, -0.1) is 0 Å². The van der Waals surface area contributed by atoms with Gasteiger partial charge >= 0.3 is 6.03 Å². The van der Waals surface area contributed by atoms with Crippen LogP contribution in [0.25, 0.3) is 0 Å². The number of fused-ring (bicyclic) bond motifs is 4. The van der Waals surface area contributed by atoms with Crippen molar-refractivity contribution in [2.24, 2.45) is 5.92 Å². The number of nitrogens with zero attached hydrogens (tertiary/aromatic N) is 2. The first-order chi connectivity index (χ1) is 15.5. The van der Waals surface area contributed by atoms with Crippen molar-refractivity contribution in [2.45, 2.75) is 31.3 Å². The van der Waals surface area contributed by atoms with Crippen molar-refractivity contribution in [3.63, 3.8) is 0 Å². The summed E-state index contributed by atoms with van der Waals surface area (Å²) in [4.78, 5) is 40.0. The highest BCUT2D eigenvalue weighted by Crippen LogP contribution is 2.34. The minimum Gasteiger partial charge on any atom is -0.383 e. The van der Waals surface area contributed by atoms with Crippen LogP contribution in [0.1, 0.15) is 23.6 Å². The zero-order valence-corrected chi connectivity index (χ0v) is 18.3. The van der Waals surface area contributed by atoms with Crippen LogP contribution in [0.3, 0.4) is 0 Å². The van der Waals surface area contributed by atoms with Crippen molar-refractivity contribution >= 4 is 11.9 Å². The zero-order valence-electron chi connectivity index (χ0n) is 18.3. The summed E-state index contributed by atoms with van der Waals surface area (Å²) in [6.07, 6.45) is 1.38. The third-order valence-electron chi connectivity index (χ3n) is 6.27. The Labute approximate surface area is 187 Å². The number of ether oxygens (including phenoxy) is 1. The van der Waals surface area contributed by atoms with E-state index >= 15 is 0 Å². The van der Waals surface area contributed by atoms with Crippen molar-refractivity contribution in [3.05, 3.63) is 70.1 Å². The van der Waals surface area contributed by atoms with E-state index in [1.54, 1.807) is 24.1 Å². The summed E-state index contributed by atoms with van der Waals surface area (Å²) in [5.41, 5.74) is 1.98. The van der Waals surface area contributed by atoms with Crippen LogP contribution in [-0.4, -0.2) is 60.8 Å². The van der Waals surface area contributed by atoms with Gasteiger partial charge in [0.2, 0.25) is 5.91 Å². The second-order valence-electron chi connectivity index (χ2n) is 8.58. The number of hydrogen-bond acceptors (Lipinski definition) is 4. The fraction of sp³-hybridized carbons (Fsp3) is 0.458. The average molecular weight is 439 g/mol. The highest BCUT2D eigenvalue weighted by atomic mass is 16.5. The Bertz CT molecular complexity index is 1010. The maximum absolute atomic E-state index is 13.2. The number of hydrogen-bond donors (Lipinski definition) is 2. The quantitative estimate of drug-likeness (QED) is 0.639. The number of urea groups is 1. The number of aromatic nitrogens is 1. The SMILES string of the molecule is COCCNC(=O)[C@H](Cc1ccccc1)NC(=O)N1C[C@@H]2C[C@H](C1)c1cccc(=O)n1C2. The molecule has 0 unspecified atom stereocenters. The number of nitrogens with one attached hydrogen (secondary N) is 2. The van der Waals surface area contributed by atoms with Crippen LogP contribution in [0.2, 0.25) is 0 Å². The smallest absolute Gasteiger partial charge is 0.318 e. The highest BCUT2D eigenvalue weighted by molar-refractivity contribution is 5.87. The number of methoxy groups -OCH3 is 1. The molecule has 2 aromatic rings. The van der Waals surface area contributed by atoms with Crippen LogP contribution < -0.4 is 16.2 Å². The van der Waals surface area contributed by atoms with E-state index in [0.717, 1.165) is 17.7 Å². The number of rotatable bonds is 7. The van der Waals surface area contributed by atoms with Crippen LogP contribution in [0.5, 0.6) is 0 Å². The van der Waals surface area contributed by atoms with Crippen molar-refractivity contribution < 1.29 is 14.3 Å². The molecular formula is C24H30N4O4. The molecule has 0 radical (unpaired) electrons. The normalized spacial score (nSPS) is 20.2. The molecule has 0 spiro atoms. The maximum atomic E-state index is 13.2. The minimum atomic E-state index is -0.682. The fourth-order valence-electron chi connectivity index (χ4n) is 4.76. The van der Waals surface area contributed by atoms with Gasteiger partial charge in [0.25, 0.3) is 5.56 Å². The molecule has 0 saturated carbocycles. The molecule has 0 aliphatic carbocycles. The molecule has 2 aliphatic heterocycles. The molecule has 8 heteroatoms. The molecular weight excluding hydrogens is 408 g/mol. The molecule has 2 aliphatic rings. The molecule has 2 N–H and O–H groups in total. The third kappa shape index (κ3) is 5.02. The number of benzene rings is 1. The number of carbonyl (C=O) groups excluding carboxylic acids is 2. The molecule has 1 aromatic heterocycles. The molecule has 3 atom stereocenters. The van der Waals surface area contributed by atoms with Crippen LogP contribution in [-0.2, 0) is 22.5 Å². The Hall–Kier alpha value is -3.13. The molecule has 1 saturated heterocycles. The van der Waals surface area contributed by atoms with E-state index in [2.05, 4.69) is 10.6 Å². The Morgan fingerprint density at radius 3 is 2.69 bits per heavy atom. The van der Waals surface area contributed by atoms with Crippen molar-refractivity contribution in [2.75, 3.05) is 33.4 Å². The lowest BCUT2D eigenvalue weighted by Gasteiger charge is -2.43. The lowest BCUT2D eigenvalue weighted by atomic mass is 9.83. The van der Waals surface area contributed by atoms with Crippen molar-refractivity contribution in [3.8, 4) is 0 Å². The van der Waals surface area contributed by atoms with Gasteiger partial charge in [-0.25, -0.2) is 4.79 Å². The van der Waals surface area contributed by atoms with E-state index < -0.39 is 6.04 Å². The lowest BCUT2D eigenvalue weighted by molar-refractivity contribution is -0.123. The van der Waals surface area contributed by atoms with Gasteiger partial charge in [-0.2, -0.15) is 0 Å². The first-order valence-electron chi connectivity index (χ1n) is 11.1. The number of piperidine rings is 1. The molecule has 3 amide bonds. The maximum Gasteiger partial charge on any atom is 0.318 e. The van der Waals surface area contributed by atoms with E-state index in [0.29, 0.717) is 39.2 Å².